The summed E-state index contributed by atoms with van der Waals surface area (Å²) >= 11 is 0. The maximum Gasteiger partial charge on any atom is 0.269 e. The van der Waals surface area contributed by atoms with E-state index in [0.717, 1.165) is 4.31 Å². The van der Waals surface area contributed by atoms with Gasteiger partial charge in [-0.25, -0.2) is 12.7 Å². The Morgan fingerprint density at radius 1 is 1.30 bits per heavy atom. The van der Waals surface area contributed by atoms with Crippen LogP contribution in [0.4, 0.5) is 0 Å². The molecule has 0 fully saturated rings. The smallest absolute Gasteiger partial charge is 0.269 e. The number of methoxy groups -OCH3 is 1. The van der Waals surface area contributed by atoms with E-state index in [4.69, 9.17) is 10.5 Å². The predicted molar refractivity (Wildman–Crippen MR) is 104 cm³/mol. The van der Waals surface area contributed by atoms with Gasteiger partial charge < -0.3 is 15.8 Å². The van der Waals surface area contributed by atoms with E-state index < -0.39 is 27.4 Å². The SMILES string of the molecule is CCC(N)(CC)CNC(=O)c1ccc2c(c1)S(=O)(=O)N(CCOC)C2=O.Cl. The van der Waals surface area contributed by atoms with Gasteiger partial charge >= 0.3 is 0 Å². The lowest BCUT2D eigenvalue weighted by Gasteiger charge is -2.26. The average Bonchev–Trinajstić information content (AvgIpc) is 2.83. The Morgan fingerprint density at radius 2 is 1.93 bits per heavy atom. The molecule has 1 heterocycles. The fourth-order valence-electron chi connectivity index (χ4n) is 2.67. The number of carbonyl (C=O) groups excluding carboxylic acids is 2. The molecule has 0 spiro atoms. The van der Waals surface area contributed by atoms with Gasteiger partial charge in [-0.2, -0.15) is 0 Å². The molecule has 1 aromatic carbocycles. The lowest BCUT2D eigenvalue weighted by atomic mass is 9.94. The molecule has 0 aliphatic carbocycles. The Hall–Kier alpha value is -1.68. The van der Waals surface area contributed by atoms with Gasteiger partial charge in [0.15, 0.2) is 0 Å². The number of sulfonamides is 1. The van der Waals surface area contributed by atoms with E-state index in [2.05, 4.69) is 5.32 Å². The van der Waals surface area contributed by atoms with Gasteiger partial charge in [-0.1, -0.05) is 13.8 Å². The molecule has 0 saturated carbocycles. The van der Waals surface area contributed by atoms with E-state index in [1.807, 2.05) is 13.8 Å². The molecule has 0 aromatic heterocycles. The van der Waals surface area contributed by atoms with Crippen LogP contribution in [0, 0.1) is 0 Å². The number of fused-ring (bicyclic) bond motifs is 1. The Labute approximate surface area is 165 Å². The van der Waals surface area contributed by atoms with Crippen molar-refractivity contribution in [3.63, 3.8) is 0 Å². The molecule has 2 amide bonds. The fraction of sp³-hybridized carbons (Fsp3) is 0.529. The molecule has 8 nitrogen and oxygen atoms in total. The lowest BCUT2D eigenvalue weighted by Crippen LogP contribution is -2.49. The second-order valence-corrected chi connectivity index (χ2v) is 8.17. The Balaban J connectivity index is 0.00000364. The summed E-state index contributed by atoms with van der Waals surface area (Å²) in [6.45, 7) is 4.19. The summed E-state index contributed by atoms with van der Waals surface area (Å²) in [4.78, 5) is 24.5. The molecule has 0 bridgehead atoms. The number of amides is 2. The van der Waals surface area contributed by atoms with Crippen LogP contribution < -0.4 is 11.1 Å². The highest BCUT2D eigenvalue weighted by Gasteiger charge is 2.41. The first kappa shape index (κ1) is 23.4. The summed E-state index contributed by atoms with van der Waals surface area (Å²) in [5.41, 5.74) is 5.89. The Kier molecular flexibility index (Phi) is 7.79. The average molecular weight is 420 g/mol. The highest BCUT2D eigenvalue weighted by molar-refractivity contribution is 7.90. The molecule has 152 valence electrons. The van der Waals surface area contributed by atoms with Crippen LogP contribution in [0.2, 0.25) is 0 Å². The van der Waals surface area contributed by atoms with Gasteiger partial charge in [0.2, 0.25) is 0 Å². The van der Waals surface area contributed by atoms with Gasteiger partial charge in [-0.15, -0.1) is 12.4 Å². The van der Waals surface area contributed by atoms with Crippen LogP contribution in [0.5, 0.6) is 0 Å². The molecule has 0 atom stereocenters. The van der Waals surface area contributed by atoms with Crippen molar-refractivity contribution >= 4 is 34.2 Å². The fourth-order valence-corrected chi connectivity index (χ4v) is 4.25. The van der Waals surface area contributed by atoms with Crippen molar-refractivity contribution in [1.82, 2.24) is 9.62 Å². The summed E-state index contributed by atoms with van der Waals surface area (Å²) < 4.78 is 30.8. The molecular weight excluding hydrogens is 394 g/mol. The number of hydrogen-bond donors (Lipinski definition) is 2. The first-order valence-corrected chi connectivity index (χ1v) is 9.91. The van der Waals surface area contributed by atoms with Gasteiger partial charge in [0.25, 0.3) is 21.8 Å². The molecule has 1 aromatic rings. The van der Waals surface area contributed by atoms with Crippen molar-refractivity contribution in [3.05, 3.63) is 29.3 Å². The number of benzene rings is 1. The monoisotopic (exact) mass is 419 g/mol. The minimum Gasteiger partial charge on any atom is -0.383 e. The standard InChI is InChI=1S/C17H25N3O5S.ClH/c1-4-17(18,5-2)11-19-15(21)12-6-7-13-14(10-12)26(23,24)20(16(13)22)8-9-25-3;/h6-7,10H,4-5,8-9,11,18H2,1-3H3,(H,19,21);1H. The van der Waals surface area contributed by atoms with E-state index >= 15 is 0 Å². The molecule has 1 aliphatic rings. The van der Waals surface area contributed by atoms with Crippen LogP contribution in [0.25, 0.3) is 0 Å². The molecule has 0 unspecified atom stereocenters. The van der Waals surface area contributed by atoms with Crippen molar-refractivity contribution in [2.75, 3.05) is 26.8 Å². The second kappa shape index (κ2) is 9.01. The predicted octanol–water partition coefficient (Wildman–Crippen LogP) is 1.15. The molecule has 10 heteroatoms. The quantitative estimate of drug-likeness (QED) is 0.652. The number of nitrogens with two attached hydrogens (primary N) is 1. The minimum absolute atomic E-state index is 0. The number of rotatable bonds is 8. The van der Waals surface area contributed by atoms with Crippen molar-refractivity contribution in [2.45, 2.75) is 37.1 Å². The summed E-state index contributed by atoms with van der Waals surface area (Å²) in [5, 5.41) is 2.74. The number of carbonyl (C=O) groups is 2. The third-order valence-electron chi connectivity index (χ3n) is 4.78. The van der Waals surface area contributed by atoms with Crippen molar-refractivity contribution in [2.24, 2.45) is 5.73 Å². The zero-order valence-corrected chi connectivity index (χ0v) is 17.3. The van der Waals surface area contributed by atoms with Crippen molar-refractivity contribution < 1.29 is 22.7 Å². The Bertz CT molecular complexity index is 809. The first-order valence-electron chi connectivity index (χ1n) is 8.47. The van der Waals surface area contributed by atoms with Gasteiger partial charge in [-0.3, -0.25) is 9.59 Å². The molecule has 2 rings (SSSR count). The first-order chi connectivity index (χ1) is 12.2. The summed E-state index contributed by atoms with van der Waals surface area (Å²) in [5.74, 6) is -1.04. The van der Waals surface area contributed by atoms with Gasteiger partial charge in [-0.05, 0) is 31.0 Å². The number of ether oxygens (including phenoxy) is 1. The molecule has 27 heavy (non-hydrogen) atoms. The van der Waals surface area contributed by atoms with Crippen LogP contribution >= 0.6 is 12.4 Å². The molecule has 1 aliphatic heterocycles. The maximum atomic E-state index is 12.6. The van der Waals surface area contributed by atoms with Crippen molar-refractivity contribution in [3.8, 4) is 0 Å². The third kappa shape index (κ3) is 4.60. The third-order valence-corrected chi connectivity index (χ3v) is 6.60. The van der Waals surface area contributed by atoms with Crippen LogP contribution in [-0.4, -0.2) is 56.9 Å². The normalized spacial score (nSPS) is 15.3. The van der Waals surface area contributed by atoms with Crippen LogP contribution in [-0.2, 0) is 14.8 Å². The van der Waals surface area contributed by atoms with Crippen molar-refractivity contribution in [1.29, 1.82) is 0 Å². The van der Waals surface area contributed by atoms with Crippen LogP contribution in [0.1, 0.15) is 47.4 Å². The lowest BCUT2D eigenvalue weighted by molar-refractivity contribution is 0.0835. The highest BCUT2D eigenvalue weighted by atomic mass is 35.5. The Morgan fingerprint density at radius 3 is 2.48 bits per heavy atom. The number of hydrogen-bond acceptors (Lipinski definition) is 6. The van der Waals surface area contributed by atoms with Gasteiger partial charge in [0.05, 0.1) is 18.7 Å². The molecular formula is C17H26ClN3O5S. The summed E-state index contributed by atoms with van der Waals surface area (Å²) in [6.07, 6.45) is 1.40. The molecule has 3 N–H and O–H groups in total. The summed E-state index contributed by atoms with van der Waals surface area (Å²) in [6, 6.07) is 4.05. The van der Waals surface area contributed by atoms with E-state index in [9.17, 15) is 18.0 Å². The summed E-state index contributed by atoms with van der Waals surface area (Å²) in [7, 11) is -2.55. The van der Waals surface area contributed by atoms with Gasteiger partial charge in [0.1, 0.15) is 4.90 Å². The topological polar surface area (TPSA) is 119 Å². The van der Waals surface area contributed by atoms with Gasteiger partial charge in [0, 0.05) is 24.8 Å². The number of nitrogens with zero attached hydrogens (tertiary/aromatic N) is 1. The van der Waals surface area contributed by atoms with E-state index in [1.54, 1.807) is 0 Å². The minimum atomic E-state index is -3.98. The second-order valence-electron chi connectivity index (χ2n) is 6.34. The van der Waals surface area contributed by atoms with E-state index in [-0.39, 0.29) is 48.1 Å². The maximum absolute atomic E-state index is 12.6. The zero-order valence-electron chi connectivity index (χ0n) is 15.6. The number of nitrogens with one attached hydrogen (secondary N) is 1. The largest absolute Gasteiger partial charge is 0.383 e. The van der Waals surface area contributed by atoms with Crippen LogP contribution in [0.15, 0.2) is 23.1 Å². The zero-order chi connectivity index (χ0) is 19.5. The number of halogens is 1. The highest BCUT2D eigenvalue weighted by Crippen LogP contribution is 2.30. The molecule has 0 saturated heterocycles. The van der Waals surface area contributed by atoms with E-state index in [0.29, 0.717) is 12.8 Å². The van der Waals surface area contributed by atoms with Crippen LogP contribution in [0.3, 0.4) is 0 Å². The van der Waals surface area contributed by atoms with E-state index in [1.165, 1.54) is 25.3 Å². The molecule has 0 radical (unpaired) electrons.